The van der Waals surface area contributed by atoms with Crippen LogP contribution < -0.4 is 5.32 Å². The molecule has 0 aliphatic carbocycles. The first kappa shape index (κ1) is 22.1. The van der Waals surface area contributed by atoms with Gasteiger partial charge in [0.15, 0.2) is 0 Å². The summed E-state index contributed by atoms with van der Waals surface area (Å²) in [7, 11) is -2.55. The number of para-hydroxylation sites is 1. The molecule has 2 aromatic rings. The molecule has 0 radical (unpaired) electrons. The number of sulfonamides is 1. The molecule has 0 fully saturated rings. The zero-order valence-corrected chi connectivity index (χ0v) is 18.6. The third-order valence-corrected chi connectivity index (χ3v) is 7.33. The second-order valence-electron chi connectivity index (χ2n) is 6.75. The predicted octanol–water partition coefficient (Wildman–Crippen LogP) is 5.39. The van der Waals surface area contributed by atoms with Crippen LogP contribution in [0.25, 0.3) is 0 Å². The smallest absolute Gasteiger partial charge is 0.246 e. The Morgan fingerprint density at radius 1 is 1.22 bits per heavy atom. The van der Waals surface area contributed by atoms with Gasteiger partial charge in [0.1, 0.15) is 10.7 Å². The Bertz CT molecular complexity index is 879. The van der Waals surface area contributed by atoms with Gasteiger partial charge in [-0.1, -0.05) is 43.6 Å². The fraction of sp³-hybridized carbons (Fsp3) is 0.368. The Kier molecular flexibility index (Phi) is 7.68. The van der Waals surface area contributed by atoms with E-state index in [1.54, 1.807) is 0 Å². The quantitative estimate of drug-likeness (QED) is 0.519. The van der Waals surface area contributed by atoms with Gasteiger partial charge in [-0.2, -0.15) is 4.31 Å². The summed E-state index contributed by atoms with van der Waals surface area (Å²) in [6, 6.07) is 11.4. The molecule has 0 aliphatic rings. The average molecular weight is 478 g/mol. The van der Waals surface area contributed by atoms with Crippen molar-refractivity contribution in [1.82, 2.24) is 4.31 Å². The van der Waals surface area contributed by atoms with E-state index in [0.29, 0.717) is 17.4 Å². The van der Waals surface area contributed by atoms with Gasteiger partial charge in [-0.3, -0.25) is 0 Å². The Hall–Kier alpha value is -1.15. The van der Waals surface area contributed by atoms with Gasteiger partial charge in [-0.25, -0.2) is 12.8 Å². The van der Waals surface area contributed by atoms with Crippen molar-refractivity contribution in [2.45, 2.75) is 31.2 Å². The molecule has 0 saturated heterocycles. The molecule has 0 aromatic heterocycles. The molecule has 0 heterocycles. The minimum atomic E-state index is -4.03. The number of nitrogens with one attached hydrogen (secondary N) is 1. The van der Waals surface area contributed by atoms with E-state index in [-0.39, 0.29) is 17.0 Å². The molecule has 1 atom stereocenters. The van der Waals surface area contributed by atoms with E-state index >= 15 is 0 Å². The van der Waals surface area contributed by atoms with E-state index in [9.17, 15) is 12.8 Å². The fourth-order valence-corrected chi connectivity index (χ4v) is 4.83. The first-order valence-corrected chi connectivity index (χ1v) is 11.2. The molecule has 0 saturated carbocycles. The van der Waals surface area contributed by atoms with E-state index in [1.807, 2.05) is 44.2 Å². The van der Waals surface area contributed by atoms with Gasteiger partial charge in [-0.05, 0) is 52.5 Å². The zero-order valence-electron chi connectivity index (χ0n) is 15.4. The number of benzene rings is 2. The zero-order chi connectivity index (χ0) is 20.2. The molecule has 2 aromatic carbocycles. The molecular formula is C19H23BrClFN2O2S. The molecule has 148 valence electrons. The number of rotatable bonds is 8. The summed E-state index contributed by atoms with van der Waals surface area (Å²) in [6.45, 7) is 4.46. The topological polar surface area (TPSA) is 49.4 Å². The molecule has 27 heavy (non-hydrogen) atoms. The summed E-state index contributed by atoms with van der Waals surface area (Å²) in [4.78, 5) is -0.394. The highest BCUT2D eigenvalue weighted by molar-refractivity contribution is 9.10. The van der Waals surface area contributed by atoms with E-state index in [0.717, 1.165) is 11.8 Å². The van der Waals surface area contributed by atoms with Crippen molar-refractivity contribution in [2.75, 3.05) is 18.9 Å². The van der Waals surface area contributed by atoms with Crippen LogP contribution in [0.3, 0.4) is 0 Å². The van der Waals surface area contributed by atoms with Crippen molar-refractivity contribution in [3.05, 3.63) is 57.8 Å². The maximum Gasteiger partial charge on any atom is 0.246 e. The maximum absolute atomic E-state index is 14.3. The van der Waals surface area contributed by atoms with Crippen LogP contribution >= 0.6 is 27.5 Å². The summed E-state index contributed by atoms with van der Waals surface area (Å²) < 4.78 is 42.0. The van der Waals surface area contributed by atoms with Crippen molar-refractivity contribution in [1.29, 1.82) is 0 Å². The highest BCUT2D eigenvalue weighted by Crippen LogP contribution is 2.30. The van der Waals surface area contributed by atoms with E-state index < -0.39 is 20.7 Å². The summed E-state index contributed by atoms with van der Waals surface area (Å²) in [5.41, 5.74) is 0.900. The van der Waals surface area contributed by atoms with Crippen molar-refractivity contribution in [3.8, 4) is 0 Å². The first-order chi connectivity index (χ1) is 12.6. The van der Waals surface area contributed by atoms with Gasteiger partial charge in [0.05, 0.1) is 5.02 Å². The summed E-state index contributed by atoms with van der Waals surface area (Å²) in [5, 5.41) is 3.38. The van der Waals surface area contributed by atoms with Crippen molar-refractivity contribution >= 4 is 43.2 Å². The third-order valence-electron chi connectivity index (χ3n) is 4.21. The van der Waals surface area contributed by atoms with Crippen molar-refractivity contribution in [3.63, 3.8) is 0 Å². The van der Waals surface area contributed by atoms with Gasteiger partial charge >= 0.3 is 0 Å². The standard InChI is InChI=1S/C19H23BrClFN2O2S/c1-13(2)9-15(12-23-14-7-5-4-6-8-14)24(3)27(25,26)19-10-16(20)17(21)11-18(19)22/h4-8,10-11,13,15,23H,9,12H2,1-3H3. The van der Waals surface area contributed by atoms with Gasteiger partial charge in [0.25, 0.3) is 0 Å². The van der Waals surface area contributed by atoms with Crippen LogP contribution in [0.2, 0.25) is 5.02 Å². The van der Waals surface area contributed by atoms with E-state index in [4.69, 9.17) is 11.6 Å². The van der Waals surface area contributed by atoms with E-state index in [2.05, 4.69) is 21.2 Å². The second-order valence-corrected chi connectivity index (χ2v) is 9.98. The van der Waals surface area contributed by atoms with Gasteiger partial charge in [-0.15, -0.1) is 0 Å². The molecule has 0 bridgehead atoms. The van der Waals surface area contributed by atoms with Gasteiger partial charge in [0, 0.05) is 29.8 Å². The minimum absolute atomic E-state index is 0.124. The van der Waals surface area contributed by atoms with Gasteiger partial charge < -0.3 is 5.32 Å². The molecule has 4 nitrogen and oxygen atoms in total. The Balaban J connectivity index is 2.30. The monoisotopic (exact) mass is 476 g/mol. The normalized spacial score (nSPS) is 13.2. The number of hydrogen-bond acceptors (Lipinski definition) is 3. The third kappa shape index (κ3) is 5.67. The molecule has 0 amide bonds. The molecule has 2 rings (SSSR count). The first-order valence-electron chi connectivity index (χ1n) is 8.54. The number of likely N-dealkylation sites (N-methyl/N-ethyl adjacent to an activating group) is 1. The number of hydrogen-bond donors (Lipinski definition) is 1. The molecular weight excluding hydrogens is 455 g/mol. The highest BCUT2D eigenvalue weighted by atomic mass is 79.9. The lowest BCUT2D eigenvalue weighted by molar-refractivity contribution is 0.327. The van der Waals surface area contributed by atoms with Crippen molar-refractivity contribution < 1.29 is 12.8 Å². The van der Waals surface area contributed by atoms with Crippen molar-refractivity contribution in [2.24, 2.45) is 5.92 Å². The lowest BCUT2D eigenvalue weighted by Crippen LogP contribution is -2.42. The summed E-state index contributed by atoms with van der Waals surface area (Å²) in [5.74, 6) is -0.596. The molecule has 1 unspecified atom stereocenters. The minimum Gasteiger partial charge on any atom is -0.383 e. The van der Waals surface area contributed by atoms with Crippen LogP contribution in [0.1, 0.15) is 20.3 Å². The van der Waals surface area contributed by atoms with Gasteiger partial charge in [0.2, 0.25) is 10.0 Å². The fourth-order valence-electron chi connectivity index (χ4n) is 2.75. The maximum atomic E-state index is 14.3. The largest absolute Gasteiger partial charge is 0.383 e. The lowest BCUT2D eigenvalue weighted by atomic mass is 10.0. The van der Waals surface area contributed by atoms with Crippen LogP contribution in [0.15, 0.2) is 51.8 Å². The molecule has 0 aliphatic heterocycles. The van der Waals surface area contributed by atoms with E-state index in [1.165, 1.54) is 17.4 Å². The van der Waals surface area contributed by atoms with Crippen LogP contribution in [0.5, 0.6) is 0 Å². The number of halogens is 3. The lowest BCUT2D eigenvalue weighted by Gasteiger charge is -2.29. The van der Waals surface area contributed by atoms with Crippen LogP contribution in [0.4, 0.5) is 10.1 Å². The Morgan fingerprint density at radius 2 is 1.85 bits per heavy atom. The highest BCUT2D eigenvalue weighted by Gasteiger charge is 2.31. The SMILES string of the molecule is CC(C)CC(CNc1ccccc1)N(C)S(=O)(=O)c1cc(Br)c(Cl)cc1F. The summed E-state index contributed by atoms with van der Waals surface area (Å²) >= 11 is 9.03. The van der Waals surface area contributed by atoms with Crippen LogP contribution in [-0.4, -0.2) is 32.4 Å². The average Bonchev–Trinajstić information content (AvgIpc) is 2.61. The molecule has 1 N–H and O–H groups in total. The Morgan fingerprint density at radius 3 is 2.44 bits per heavy atom. The second kappa shape index (κ2) is 9.37. The summed E-state index contributed by atoms with van der Waals surface area (Å²) in [6.07, 6.45) is 0.631. The Labute approximate surface area is 173 Å². The molecule has 8 heteroatoms. The molecule has 0 spiro atoms. The number of anilines is 1. The predicted molar refractivity (Wildman–Crippen MR) is 112 cm³/mol. The van der Waals surface area contributed by atoms with Crippen LogP contribution in [0, 0.1) is 11.7 Å². The van der Waals surface area contributed by atoms with Crippen LogP contribution in [-0.2, 0) is 10.0 Å². The number of nitrogens with zero attached hydrogens (tertiary/aromatic N) is 1.